The molecule has 0 saturated carbocycles. The van der Waals surface area contributed by atoms with Gasteiger partial charge in [-0.3, -0.25) is 4.90 Å². The van der Waals surface area contributed by atoms with Crippen molar-refractivity contribution in [1.82, 2.24) is 9.88 Å². The van der Waals surface area contributed by atoms with E-state index in [-0.39, 0.29) is 0 Å². The van der Waals surface area contributed by atoms with Crippen molar-refractivity contribution < 1.29 is 4.39 Å². The van der Waals surface area contributed by atoms with Gasteiger partial charge in [0.25, 0.3) is 0 Å². The van der Waals surface area contributed by atoms with Crippen LogP contribution >= 0.6 is 0 Å². The third-order valence-electron chi connectivity index (χ3n) is 2.35. The summed E-state index contributed by atoms with van der Waals surface area (Å²) in [6.45, 7) is 1.76. The highest BCUT2D eigenvalue weighted by molar-refractivity contribution is 5.39. The summed E-state index contributed by atoms with van der Waals surface area (Å²) in [4.78, 5) is 7.53. The van der Waals surface area contributed by atoms with Crippen molar-refractivity contribution in [3.8, 4) is 0 Å². The summed E-state index contributed by atoms with van der Waals surface area (Å²) in [7, 11) is 3.72. The Morgan fingerprint density at radius 1 is 1.43 bits per heavy atom. The number of rotatable bonds is 1. The number of hydrogen-bond donors (Lipinski definition) is 0. The van der Waals surface area contributed by atoms with E-state index < -0.39 is 6.30 Å². The number of piperazine rings is 1. The molecule has 3 nitrogen and oxygen atoms in total. The molecule has 1 unspecified atom stereocenters. The number of halogens is 1. The molecular weight excluding hydrogens is 181 g/mol. The third kappa shape index (κ3) is 1.85. The summed E-state index contributed by atoms with van der Waals surface area (Å²) < 4.78 is 13.6. The molecule has 1 atom stereocenters. The fourth-order valence-electron chi connectivity index (χ4n) is 1.57. The minimum Gasteiger partial charge on any atom is -0.324 e. The second-order valence-electron chi connectivity index (χ2n) is 3.39. The smallest absolute Gasteiger partial charge is 0.186 e. The third-order valence-corrected chi connectivity index (χ3v) is 2.35. The fourth-order valence-corrected chi connectivity index (χ4v) is 1.57. The first-order valence-electron chi connectivity index (χ1n) is 4.64. The summed E-state index contributed by atoms with van der Waals surface area (Å²) in [5.41, 5.74) is 0. The average molecular weight is 194 g/mol. The Labute approximate surface area is 83.2 Å². The number of nitrogens with zero attached hydrogens (tertiary/aromatic N) is 3. The number of aromatic nitrogens is 1. The van der Waals surface area contributed by atoms with E-state index in [0.29, 0.717) is 18.9 Å². The van der Waals surface area contributed by atoms with Crippen LogP contribution in [0.2, 0.25) is 0 Å². The summed E-state index contributed by atoms with van der Waals surface area (Å²) in [5.74, 6) is 0.702. The highest BCUT2D eigenvalue weighted by atomic mass is 19.1. The van der Waals surface area contributed by atoms with E-state index in [1.165, 1.54) is 0 Å². The normalized spacial score (nSPS) is 23.9. The van der Waals surface area contributed by atoms with Crippen molar-refractivity contribution in [3.63, 3.8) is 0 Å². The van der Waals surface area contributed by atoms with Crippen LogP contribution in [-0.2, 0) is 0 Å². The summed E-state index contributed by atoms with van der Waals surface area (Å²) in [6.07, 6.45) is 0.676. The van der Waals surface area contributed by atoms with E-state index in [2.05, 4.69) is 12.0 Å². The first-order valence-corrected chi connectivity index (χ1v) is 4.64. The summed E-state index contributed by atoms with van der Waals surface area (Å²) in [6, 6.07) is 5.52. The van der Waals surface area contributed by atoms with E-state index in [1.54, 1.807) is 16.0 Å². The fraction of sp³-hybridized carbons (Fsp3) is 0.400. The lowest BCUT2D eigenvalue weighted by atomic mass is 10.3. The first-order chi connectivity index (χ1) is 6.77. The van der Waals surface area contributed by atoms with Crippen molar-refractivity contribution in [2.24, 2.45) is 0 Å². The van der Waals surface area contributed by atoms with Crippen LogP contribution in [0.3, 0.4) is 0 Å². The molecule has 0 aromatic carbocycles. The van der Waals surface area contributed by atoms with Gasteiger partial charge in [-0.1, -0.05) is 6.07 Å². The molecule has 1 aromatic heterocycles. The summed E-state index contributed by atoms with van der Waals surface area (Å²) >= 11 is 0. The highest BCUT2D eigenvalue weighted by Gasteiger charge is 2.25. The van der Waals surface area contributed by atoms with Crippen molar-refractivity contribution in [3.05, 3.63) is 31.4 Å². The van der Waals surface area contributed by atoms with Crippen LogP contribution < -0.4 is 4.90 Å². The number of hydrogen-bond acceptors (Lipinski definition) is 3. The van der Waals surface area contributed by atoms with Gasteiger partial charge in [0.2, 0.25) is 0 Å². The van der Waals surface area contributed by atoms with Gasteiger partial charge < -0.3 is 4.90 Å². The zero-order chi connectivity index (χ0) is 9.97. The zero-order valence-electron chi connectivity index (χ0n) is 7.93. The Hall–Kier alpha value is -1.16. The molecule has 0 spiro atoms. The molecule has 1 aromatic rings. The van der Waals surface area contributed by atoms with Gasteiger partial charge in [-0.15, -0.1) is 0 Å². The van der Waals surface area contributed by atoms with Gasteiger partial charge in [-0.2, -0.15) is 0 Å². The maximum Gasteiger partial charge on any atom is 0.186 e. The highest BCUT2D eigenvalue weighted by Crippen LogP contribution is 2.17. The van der Waals surface area contributed by atoms with Crippen molar-refractivity contribution in [2.45, 2.75) is 6.30 Å². The van der Waals surface area contributed by atoms with Crippen molar-refractivity contribution in [2.75, 3.05) is 24.5 Å². The Bertz CT molecular complexity index is 291. The molecule has 1 radical (unpaired) electrons. The van der Waals surface area contributed by atoms with Gasteiger partial charge in [0.1, 0.15) is 5.82 Å². The lowest BCUT2D eigenvalue weighted by molar-refractivity contribution is 0.192. The molecule has 4 heteroatoms. The minimum atomic E-state index is -1.00. The average Bonchev–Trinajstić information content (AvgIpc) is 2.19. The van der Waals surface area contributed by atoms with E-state index >= 15 is 0 Å². The lowest BCUT2D eigenvalue weighted by Crippen LogP contribution is -2.49. The maximum atomic E-state index is 13.6. The number of alkyl halides is 1. The minimum absolute atomic E-state index is 0.344. The number of pyridine rings is 1. The van der Waals surface area contributed by atoms with Gasteiger partial charge in [0.15, 0.2) is 6.30 Å². The maximum absolute atomic E-state index is 13.6. The van der Waals surface area contributed by atoms with Crippen LogP contribution in [-0.4, -0.2) is 35.8 Å². The molecular formula is C10H13FN3. The monoisotopic (exact) mass is 194 g/mol. The predicted molar refractivity (Wildman–Crippen MR) is 53.4 cm³/mol. The van der Waals surface area contributed by atoms with E-state index in [1.807, 2.05) is 18.2 Å². The molecule has 1 fully saturated rings. The van der Waals surface area contributed by atoms with E-state index in [4.69, 9.17) is 0 Å². The lowest BCUT2D eigenvalue weighted by Gasteiger charge is -2.36. The summed E-state index contributed by atoms with van der Waals surface area (Å²) in [5, 5.41) is 0. The second-order valence-corrected chi connectivity index (χ2v) is 3.39. The van der Waals surface area contributed by atoms with Gasteiger partial charge in [-0.05, 0) is 12.1 Å². The second kappa shape index (κ2) is 3.92. The quantitative estimate of drug-likeness (QED) is 0.628. The van der Waals surface area contributed by atoms with Crippen LogP contribution in [0.25, 0.3) is 0 Å². The molecule has 2 heterocycles. The largest absolute Gasteiger partial charge is 0.324 e. The Kier molecular flexibility index (Phi) is 2.63. The topological polar surface area (TPSA) is 19.4 Å². The van der Waals surface area contributed by atoms with E-state index in [9.17, 15) is 4.39 Å². The first kappa shape index (κ1) is 9.40. The predicted octanol–water partition coefficient (Wildman–Crippen LogP) is 1.29. The number of anilines is 1. The van der Waals surface area contributed by atoms with Crippen molar-refractivity contribution >= 4 is 5.82 Å². The molecule has 0 bridgehead atoms. The molecule has 0 aliphatic carbocycles. The standard InChI is InChI=1S/C10H13FN3/c1-13-6-7-14(9(11)8-13)10-4-2-3-5-12-10/h2-5,9H,1,6-8H2. The zero-order valence-corrected chi connectivity index (χ0v) is 7.93. The van der Waals surface area contributed by atoms with Gasteiger partial charge in [-0.25, -0.2) is 9.37 Å². The van der Waals surface area contributed by atoms with Gasteiger partial charge in [0, 0.05) is 32.9 Å². The van der Waals surface area contributed by atoms with Crippen LogP contribution in [0, 0.1) is 7.05 Å². The molecule has 14 heavy (non-hydrogen) atoms. The Balaban J connectivity index is 2.12. The van der Waals surface area contributed by atoms with E-state index in [0.717, 1.165) is 6.54 Å². The van der Waals surface area contributed by atoms with Gasteiger partial charge in [0.05, 0.1) is 0 Å². The van der Waals surface area contributed by atoms with Crippen LogP contribution in [0.15, 0.2) is 24.4 Å². The Morgan fingerprint density at radius 2 is 2.29 bits per heavy atom. The molecule has 1 aliphatic rings. The van der Waals surface area contributed by atoms with Crippen LogP contribution in [0.4, 0.5) is 10.2 Å². The van der Waals surface area contributed by atoms with Crippen LogP contribution in [0.5, 0.6) is 0 Å². The molecule has 1 aliphatic heterocycles. The molecule has 2 rings (SSSR count). The van der Waals surface area contributed by atoms with Crippen molar-refractivity contribution in [1.29, 1.82) is 0 Å². The molecule has 0 amide bonds. The molecule has 1 saturated heterocycles. The van der Waals surface area contributed by atoms with Gasteiger partial charge >= 0.3 is 0 Å². The SMILES string of the molecule is [CH2]N1CCN(c2ccccn2)C(F)C1. The van der Waals surface area contributed by atoms with Crippen LogP contribution in [0.1, 0.15) is 0 Å². The molecule has 0 N–H and O–H groups in total. The molecule has 75 valence electrons. The Morgan fingerprint density at radius 3 is 2.93 bits per heavy atom.